The van der Waals surface area contributed by atoms with Crippen molar-refractivity contribution in [3.05, 3.63) is 0 Å². The summed E-state index contributed by atoms with van der Waals surface area (Å²) in [6, 6.07) is 0.595. The number of hydrogen-bond acceptors (Lipinski definition) is 2. The fourth-order valence-corrected chi connectivity index (χ4v) is 1.24. The molecule has 2 nitrogen and oxygen atoms in total. The normalized spacial score (nSPS) is 9.73. The predicted molar refractivity (Wildman–Crippen MR) is 68.3 cm³/mol. The second-order valence-corrected chi connectivity index (χ2v) is 3.98. The van der Waals surface area contributed by atoms with Gasteiger partial charge in [0, 0.05) is 12.5 Å². The number of hydrogen-bond donors (Lipinski definition) is 1. The van der Waals surface area contributed by atoms with Crippen LogP contribution in [0.25, 0.3) is 0 Å². The van der Waals surface area contributed by atoms with E-state index < -0.39 is 0 Å². The molecule has 0 unspecified atom stereocenters. The Kier molecular flexibility index (Phi) is 15.5. The zero-order valence-corrected chi connectivity index (χ0v) is 11.2. The minimum atomic E-state index is 0.320. The number of nitrogens with one attached hydrogen (secondary N) is 1. The Labute approximate surface area is 95.8 Å². The van der Waals surface area contributed by atoms with Crippen molar-refractivity contribution in [2.45, 2.75) is 72.8 Å². The Bertz CT molecular complexity index is 132. The maximum absolute atomic E-state index is 10.6. The highest BCUT2D eigenvalue weighted by Crippen LogP contribution is 2.02. The van der Waals surface area contributed by atoms with Crippen LogP contribution in [-0.4, -0.2) is 18.4 Å². The van der Waals surface area contributed by atoms with E-state index >= 15 is 0 Å². The summed E-state index contributed by atoms with van der Waals surface area (Å²) in [6.45, 7) is 11.1. The molecule has 92 valence electrons. The Balaban J connectivity index is 0. The third-order valence-corrected chi connectivity index (χ3v) is 2.01. The second kappa shape index (κ2) is 13.6. The van der Waals surface area contributed by atoms with Crippen LogP contribution in [0.1, 0.15) is 66.7 Å². The largest absolute Gasteiger partial charge is 0.315 e. The van der Waals surface area contributed by atoms with Gasteiger partial charge in [0.05, 0.1) is 0 Å². The van der Waals surface area contributed by atoms with Crippen molar-refractivity contribution in [1.82, 2.24) is 5.32 Å². The maximum Gasteiger partial charge on any atom is 0.129 e. The van der Waals surface area contributed by atoms with E-state index in [-0.39, 0.29) is 0 Å². The number of Topliss-reactive ketones (excluding diaryl/α,β-unsaturated/α-hetero) is 1. The molecule has 0 aromatic carbocycles. The molecule has 0 aliphatic rings. The minimum absolute atomic E-state index is 0.320. The summed E-state index contributed by atoms with van der Waals surface area (Å²) in [6.07, 6.45) is 5.50. The van der Waals surface area contributed by atoms with Crippen LogP contribution >= 0.6 is 0 Å². The molecule has 0 amide bonds. The fraction of sp³-hybridized carbons (Fsp3) is 0.923. The highest BCUT2D eigenvalue weighted by molar-refractivity contribution is 5.75. The molecule has 15 heavy (non-hydrogen) atoms. The van der Waals surface area contributed by atoms with Crippen LogP contribution < -0.4 is 5.32 Å². The number of ketones is 1. The Morgan fingerprint density at radius 2 is 1.60 bits per heavy atom. The maximum atomic E-state index is 10.6. The molecule has 0 rings (SSSR count). The third kappa shape index (κ3) is 19.9. The average Bonchev–Trinajstić information content (AvgIpc) is 2.18. The molecule has 0 heterocycles. The van der Waals surface area contributed by atoms with E-state index in [0.29, 0.717) is 11.8 Å². The van der Waals surface area contributed by atoms with Crippen LogP contribution in [0.4, 0.5) is 0 Å². The lowest BCUT2D eigenvalue weighted by molar-refractivity contribution is -0.117. The highest BCUT2D eigenvalue weighted by atomic mass is 16.1. The van der Waals surface area contributed by atoms with E-state index in [2.05, 4.69) is 19.2 Å². The van der Waals surface area contributed by atoms with Gasteiger partial charge in [-0.1, -0.05) is 40.5 Å². The first-order chi connectivity index (χ1) is 7.13. The first-order valence-corrected chi connectivity index (χ1v) is 6.35. The van der Waals surface area contributed by atoms with Gasteiger partial charge in [-0.05, 0) is 26.3 Å². The molecule has 0 aromatic rings. The van der Waals surface area contributed by atoms with Crippen LogP contribution in [0, 0.1) is 0 Å². The van der Waals surface area contributed by atoms with Crippen molar-refractivity contribution < 1.29 is 4.79 Å². The highest BCUT2D eigenvalue weighted by Gasteiger charge is 1.94. The first kappa shape index (κ1) is 17.0. The summed E-state index contributed by atoms with van der Waals surface area (Å²) in [5, 5.41) is 3.38. The zero-order chi connectivity index (χ0) is 12.1. The molecule has 0 saturated heterocycles. The number of carbonyl (C=O) groups excluding carboxylic acids is 1. The van der Waals surface area contributed by atoms with E-state index in [1.807, 2.05) is 13.8 Å². The van der Waals surface area contributed by atoms with Crippen molar-refractivity contribution in [3.63, 3.8) is 0 Å². The minimum Gasteiger partial charge on any atom is -0.315 e. The Morgan fingerprint density at radius 1 is 1.07 bits per heavy atom. The van der Waals surface area contributed by atoms with Gasteiger partial charge in [0.1, 0.15) is 5.78 Å². The van der Waals surface area contributed by atoms with Gasteiger partial charge in [-0.2, -0.15) is 0 Å². The van der Waals surface area contributed by atoms with Gasteiger partial charge in [0.15, 0.2) is 0 Å². The monoisotopic (exact) mass is 215 g/mol. The summed E-state index contributed by atoms with van der Waals surface area (Å²) >= 11 is 0. The fourth-order valence-electron chi connectivity index (χ4n) is 1.24. The van der Waals surface area contributed by atoms with E-state index in [0.717, 1.165) is 19.4 Å². The van der Waals surface area contributed by atoms with Crippen molar-refractivity contribution >= 4 is 5.78 Å². The third-order valence-electron chi connectivity index (χ3n) is 2.01. The molecule has 2 heteroatoms. The molecule has 0 aliphatic carbocycles. The van der Waals surface area contributed by atoms with Crippen molar-refractivity contribution in [2.24, 2.45) is 0 Å². The molecule has 0 fully saturated rings. The molecule has 0 aromatic heterocycles. The van der Waals surface area contributed by atoms with Crippen LogP contribution in [0.5, 0.6) is 0 Å². The standard InChI is InChI=1S/C11H23NO.C2H6/c1-10(2)12-9-7-5-4-6-8-11(3)13;1-2/h10,12H,4-9H2,1-3H3;1-2H3. The van der Waals surface area contributed by atoms with Gasteiger partial charge in [0.2, 0.25) is 0 Å². The van der Waals surface area contributed by atoms with Gasteiger partial charge in [-0.25, -0.2) is 0 Å². The molecule has 0 atom stereocenters. The van der Waals surface area contributed by atoms with Gasteiger partial charge < -0.3 is 10.1 Å². The summed E-state index contributed by atoms with van der Waals surface area (Å²) < 4.78 is 0. The summed E-state index contributed by atoms with van der Waals surface area (Å²) in [5.74, 6) is 0.320. The van der Waals surface area contributed by atoms with Crippen LogP contribution in [0.3, 0.4) is 0 Å². The molecular weight excluding hydrogens is 186 g/mol. The van der Waals surface area contributed by atoms with Gasteiger partial charge in [-0.3, -0.25) is 0 Å². The van der Waals surface area contributed by atoms with Gasteiger partial charge >= 0.3 is 0 Å². The van der Waals surface area contributed by atoms with Crippen molar-refractivity contribution in [3.8, 4) is 0 Å². The zero-order valence-electron chi connectivity index (χ0n) is 11.2. The molecule has 0 radical (unpaired) electrons. The van der Waals surface area contributed by atoms with Crippen LogP contribution in [-0.2, 0) is 4.79 Å². The van der Waals surface area contributed by atoms with E-state index in [1.165, 1.54) is 19.3 Å². The SMILES string of the molecule is CC.CC(=O)CCCCCCNC(C)C. The number of rotatable bonds is 8. The summed E-state index contributed by atoms with van der Waals surface area (Å²) in [5.41, 5.74) is 0. The predicted octanol–water partition coefficient (Wildman–Crippen LogP) is 3.55. The molecule has 0 spiro atoms. The molecule has 0 saturated carbocycles. The lowest BCUT2D eigenvalue weighted by atomic mass is 10.1. The van der Waals surface area contributed by atoms with E-state index in [1.54, 1.807) is 6.92 Å². The van der Waals surface area contributed by atoms with Crippen molar-refractivity contribution in [2.75, 3.05) is 6.54 Å². The van der Waals surface area contributed by atoms with E-state index in [4.69, 9.17) is 0 Å². The Morgan fingerprint density at radius 3 is 2.07 bits per heavy atom. The van der Waals surface area contributed by atoms with Crippen LogP contribution in [0.2, 0.25) is 0 Å². The topological polar surface area (TPSA) is 29.1 Å². The lowest BCUT2D eigenvalue weighted by Crippen LogP contribution is -2.23. The number of unbranched alkanes of at least 4 members (excludes halogenated alkanes) is 3. The second-order valence-electron chi connectivity index (χ2n) is 3.98. The van der Waals surface area contributed by atoms with E-state index in [9.17, 15) is 4.79 Å². The molecular formula is C13H29NO. The van der Waals surface area contributed by atoms with Gasteiger partial charge in [0.25, 0.3) is 0 Å². The average molecular weight is 215 g/mol. The molecule has 0 aliphatic heterocycles. The Hall–Kier alpha value is -0.370. The van der Waals surface area contributed by atoms with Crippen LogP contribution in [0.15, 0.2) is 0 Å². The van der Waals surface area contributed by atoms with Crippen molar-refractivity contribution in [1.29, 1.82) is 0 Å². The number of carbonyl (C=O) groups is 1. The first-order valence-electron chi connectivity index (χ1n) is 6.35. The summed E-state index contributed by atoms with van der Waals surface area (Å²) in [7, 11) is 0. The summed E-state index contributed by atoms with van der Waals surface area (Å²) in [4.78, 5) is 10.6. The molecule has 0 bridgehead atoms. The van der Waals surface area contributed by atoms with Gasteiger partial charge in [-0.15, -0.1) is 0 Å². The smallest absolute Gasteiger partial charge is 0.129 e. The quantitative estimate of drug-likeness (QED) is 0.627. The lowest BCUT2D eigenvalue weighted by Gasteiger charge is -2.06. The molecule has 1 N–H and O–H groups in total.